The molecule has 0 radical (unpaired) electrons. The molecule has 1 fully saturated rings. The zero-order valence-electron chi connectivity index (χ0n) is 9.78. The molecule has 0 aliphatic carbocycles. The Balaban J connectivity index is 2.21. The van der Waals surface area contributed by atoms with Gasteiger partial charge in [0, 0.05) is 13.5 Å². The predicted octanol–water partition coefficient (Wildman–Crippen LogP) is -0.211. The molecule has 92 valence electrons. The van der Waals surface area contributed by atoms with Crippen molar-refractivity contribution in [3.05, 3.63) is 0 Å². The van der Waals surface area contributed by atoms with Gasteiger partial charge >= 0.3 is 0 Å². The largest absolute Gasteiger partial charge is 0.377 e. The Morgan fingerprint density at radius 3 is 2.50 bits per heavy atom. The molecule has 0 bridgehead atoms. The third-order valence-electron chi connectivity index (χ3n) is 2.90. The molecule has 2 N–H and O–H groups in total. The van der Waals surface area contributed by atoms with Crippen LogP contribution in [0.15, 0.2) is 0 Å². The van der Waals surface area contributed by atoms with E-state index in [9.17, 15) is 9.59 Å². The number of hydrogen-bond acceptors (Lipinski definition) is 4. The van der Waals surface area contributed by atoms with Crippen LogP contribution in [0.3, 0.4) is 0 Å². The number of carbonyl (C=O) groups excluding carboxylic acids is 2. The van der Waals surface area contributed by atoms with E-state index >= 15 is 0 Å². The Hall–Kier alpha value is -0.940. The van der Waals surface area contributed by atoms with Crippen LogP contribution in [0.5, 0.6) is 0 Å². The Labute approximate surface area is 95.9 Å². The number of ether oxygens (including phenoxy) is 1. The van der Waals surface area contributed by atoms with Crippen molar-refractivity contribution >= 4 is 11.7 Å². The van der Waals surface area contributed by atoms with Gasteiger partial charge in [-0.2, -0.15) is 0 Å². The summed E-state index contributed by atoms with van der Waals surface area (Å²) in [5.41, 5.74) is 5.16. The van der Waals surface area contributed by atoms with Gasteiger partial charge in [-0.3, -0.25) is 14.5 Å². The summed E-state index contributed by atoms with van der Waals surface area (Å²) >= 11 is 0. The van der Waals surface area contributed by atoms with E-state index in [1.165, 1.54) is 7.11 Å². The second kappa shape index (κ2) is 6.60. The van der Waals surface area contributed by atoms with Crippen molar-refractivity contribution in [1.82, 2.24) is 4.90 Å². The average molecular weight is 228 g/mol. The quantitative estimate of drug-likeness (QED) is 0.682. The molecule has 0 saturated carbocycles. The fourth-order valence-corrected chi connectivity index (χ4v) is 2.09. The van der Waals surface area contributed by atoms with Crippen LogP contribution in [0.25, 0.3) is 0 Å². The zero-order valence-corrected chi connectivity index (χ0v) is 9.78. The normalized spacial score (nSPS) is 18.6. The molecule has 0 atom stereocenters. The third-order valence-corrected chi connectivity index (χ3v) is 2.90. The monoisotopic (exact) mass is 228 g/mol. The van der Waals surface area contributed by atoms with E-state index in [0.29, 0.717) is 18.9 Å². The summed E-state index contributed by atoms with van der Waals surface area (Å²) in [6, 6.07) is 0. The van der Waals surface area contributed by atoms with Crippen molar-refractivity contribution in [1.29, 1.82) is 0 Å². The van der Waals surface area contributed by atoms with Crippen molar-refractivity contribution in [2.75, 3.05) is 33.4 Å². The van der Waals surface area contributed by atoms with E-state index in [-0.39, 0.29) is 18.3 Å². The first-order chi connectivity index (χ1) is 7.61. The van der Waals surface area contributed by atoms with Gasteiger partial charge in [-0.05, 0) is 31.8 Å². The van der Waals surface area contributed by atoms with Gasteiger partial charge in [-0.15, -0.1) is 0 Å². The van der Waals surface area contributed by atoms with E-state index < -0.39 is 0 Å². The van der Waals surface area contributed by atoms with Gasteiger partial charge in [-0.25, -0.2) is 0 Å². The predicted molar refractivity (Wildman–Crippen MR) is 59.9 cm³/mol. The van der Waals surface area contributed by atoms with Crippen LogP contribution in [0.2, 0.25) is 0 Å². The summed E-state index contributed by atoms with van der Waals surface area (Å²) in [6.45, 7) is 2.37. The van der Waals surface area contributed by atoms with Gasteiger partial charge in [0.05, 0.1) is 6.54 Å². The first-order valence-corrected chi connectivity index (χ1v) is 5.63. The van der Waals surface area contributed by atoms with E-state index in [2.05, 4.69) is 4.90 Å². The lowest BCUT2D eigenvalue weighted by molar-refractivity contribution is -0.124. The molecule has 0 aromatic heterocycles. The fourth-order valence-electron chi connectivity index (χ4n) is 2.09. The third kappa shape index (κ3) is 4.72. The van der Waals surface area contributed by atoms with Crippen LogP contribution in [-0.2, 0) is 14.3 Å². The number of amides is 1. The maximum absolute atomic E-state index is 11.3. The Kier molecular flexibility index (Phi) is 5.42. The fraction of sp³-hybridized carbons (Fsp3) is 0.818. The van der Waals surface area contributed by atoms with Crippen molar-refractivity contribution in [2.45, 2.75) is 19.3 Å². The van der Waals surface area contributed by atoms with E-state index in [1.54, 1.807) is 0 Å². The summed E-state index contributed by atoms with van der Waals surface area (Å²) in [4.78, 5) is 24.2. The second-order valence-electron chi connectivity index (χ2n) is 4.36. The van der Waals surface area contributed by atoms with Gasteiger partial charge in [-0.1, -0.05) is 0 Å². The smallest absolute Gasteiger partial charge is 0.217 e. The van der Waals surface area contributed by atoms with Crippen LogP contribution in [0.1, 0.15) is 19.3 Å². The number of Topliss-reactive ketones (excluding diaryl/α,β-unsaturated/α-hetero) is 1. The molecule has 1 aliphatic rings. The number of carbonyl (C=O) groups is 2. The Morgan fingerprint density at radius 2 is 2.00 bits per heavy atom. The SMILES string of the molecule is COCC(=O)CN1CCC(CC(N)=O)CC1. The van der Waals surface area contributed by atoms with Gasteiger partial charge in [0.2, 0.25) is 5.91 Å². The lowest BCUT2D eigenvalue weighted by atomic mass is 9.93. The van der Waals surface area contributed by atoms with Crippen molar-refractivity contribution in [3.63, 3.8) is 0 Å². The maximum Gasteiger partial charge on any atom is 0.217 e. The molecule has 0 aromatic carbocycles. The lowest BCUT2D eigenvalue weighted by Crippen LogP contribution is -2.39. The number of nitrogens with two attached hydrogens (primary N) is 1. The molecule has 1 rings (SSSR count). The number of likely N-dealkylation sites (tertiary alicyclic amines) is 1. The number of methoxy groups -OCH3 is 1. The minimum absolute atomic E-state index is 0.107. The molecule has 0 aromatic rings. The Morgan fingerprint density at radius 1 is 1.38 bits per heavy atom. The van der Waals surface area contributed by atoms with Gasteiger partial charge < -0.3 is 10.5 Å². The summed E-state index contributed by atoms with van der Waals surface area (Å²) < 4.78 is 4.78. The highest BCUT2D eigenvalue weighted by Crippen LogP contribution is 2.19. The maximum atomic E-state index is 11.3. The van der Waals surface area contributed by atoms with E-state index in [0.717, 1.165) is 25.9 Å². The van der Waals surface area contributed by atoms with Crippen LogP contribution in [-0.4, -0.2) is 49.9 Å². The Bertz CT molecular complexity index is 248. The molecule has 1 saturated heterocycles. The van der Waals surface area contributed by atoms with Crippen LogP contribution in [0.4, 0.5) is 0 Å². The highest BCUT2D eigenvalue weighted by atomic mass is 16.5. The molecule has 1 aliphatic heterocycles. The molecular weight excluding hydrogens is 208 g/mol. The van der Waals surface area contributed by atoms with Gasteiger partial charge in [0.15, 0.2) is 5.78 Å². The number of nitrogens with zero attached hydrogens (tertiary/aromatic N) is 1. The first-order valence-electron chi connectivity index (χ1n) is 5.63. The van der Waals surface area contributed by atoms with Gasteiger partial charge in [0.25, 0.3) is 0 Å². The highest BCUT2D eigenvalue weighted by molar-refractivity contribution is 5.81. The molecule has 16 heavy (non-hydrogen) atoms. The number of rotatable bonds is 6. The molecule has 1 heterocycles. The topological polar surface area (TPSA) is 72.6 Å². The average Bonchev–Trinajstić information content (AvgIpc) is 2.20. The molecule has 1 amide bonds. The minimum Gasteiger partial charge on any atom is -0.377 e. The van der Waals surface area contributed by atoms with Crippen molar-refractivity contribution in [2.24, 2.45) is 11.7 Å². The molecule has 5 heteroatoms. The molecule has 5 nitrogen and oxygen atoms in total. The van der Waals surface area contributed by atoms with Crippen molar-refractivity contribution in [3.8, 4) is 0 Å². The summed E-state index contributed by atoms with van der Waals surface area (Å²) in [5, 5.41) is 0. The van der Waals surface area contributed by atoms with E-state index in [1.807, 2.05) is 0 Å². The van der Waals surface area contributed by atoms with Crippen molar-refractivity contribution < 1.29 is 14.3 Å². The molecule has 0 unspecified atom stereocenters. The minimum atomic E-state index is -0.228. The van der Waals surface area contributed by atoms with E-state index in [4.69, 9.17) is 10.5 Å². The number of primary amides is 1. The van der Waals surface area contributed by atoms with Crippen LogP contribution in [0, 0.1) is 5.92 Å². The number of ketones is 1. The second-order valence-corrected chi connectivity index (χ2v) is 4.36. The zero-order chi connectivity index (χ0) is 12.0. The summed E-state index contributed by atoms with van der Waals surface area (Å²) in [5.74, 6) is 0.274. The van der Waals surface area contributed by atoms with Gasteiger partial charge in [0.1, 0.15) is 6.61 Å². The number of piperidine rings is 1. The standard InChI is InChI=1S/C11H20N2O3/c1-16-8-10(14)7-13-4-2-9(3-5-13)6-11(12)15/h9H,2-8H2,1H3,(H2,12,15). The summed E-state index contributed by atoms with van der Waals surface area (Å²) in [7, 11) is 1.52. The highest BCUT2D eigenvalue weighted by Gasteiger charge is 2.21. The number of hydrogen-bond donors (Lipinski definition) is 1. The summed E-state index contributed by atoms with van der Waals surface area (Å²) in [6.07, 6.45) is 2.37. The molecular formula is C11H20N2O3. The first kappa shape index (κ1) is 13.1. The lowest BCUT2D eigenvalue weighted by Gasteiger charge is -2.30. The van der Waals surface area contributed by atoms with Crippen LogP contribution < -0.4 is 5.73 Å². The van der Waals surface area contributed by atoms with Crippen LogP contribution >= 0.6 is 0 Å². The molecule has 0 spiro atoms.